The Kier molecular flexibility index (Phi) is 28.1. The van der Waals surface area contributed by atoms with E-state index in [2.05, 4.69) is 0 Å². The molecule has 8 N–H and O–H groups in total. The standard InChI is InChI=1S/4C4H5F6O2P.C4H10O4/c4*5-3(6,7)1-13(11,12)2-4(8,9)10;5-1-3(7)4(8)2-6/h4*1-2H2,(H,11,12);3-8H,1-2H2. The van der Waals surface area contributed by atoms with E-state index in [-0.39, 0.29) is 0 Å². The van der Waals surface area contributed by atoms with Gasteiger partial charge in [0.2, 0.25) is 29.5 Å². The van der Waals surface area contributed by atoms with Gasteiger partial charge in [0.25, 0.3) is 0 Å². The highest BCUT2D eigenvalue weighted by molar-refractivity contribution is 7.59. The molecule has 0 aliphatic carbocycles. The summed E-state index contributed by atoms with van der Waals surface area (Å²) in [6, 6.07) is 0. The average molecular weight is 1040 g/mol. The number of rotatable bonds is 11. The van der Waals surface area contributed by atoms with Crippen LogP contribution in [0.5, 0.6) is 0 Å². The average Bonchev–Trinajstić information content (AvgIpc) is 2.76. The van der Waals surface area contributed by atoms with Gasteiger partial charge in [-0.25, -0.2) is 0 Å². The first-order chi connectivity index (χ1) is 25.4. The lowest BCUT2D eigenvalue weighted by atomic mass is 10.2. The van der Waals surface area contributed by atoms with Gasteiger partial charge in [0.15, 0.2) is 0 Å². The smallest absolute Gasteiger partial charge is 0.394 e. The fraction of sp³-hybridized carbons (Fsp3) is 1.00. The second kappa shape index (κ2) is 24.8. The summed E-state index contributed by atoms with van der Waals surface area (Å²) in [7, 11) is -20.7. The molecule has 0 aromatic carbocycles. The molecule has 2 unspecified atom stereocenters. The summed E-state index contributed by atoms with van der Waals surface area (Å²) >= 11 is 0. The molecule has 0 aliphatic rings. The fourth-order valence-electron chi connectivity index (χ4n) is 2.71. The molecule has 0 radical (unpaired) electrons. The van der Waals surface area contributed by atoms with Crippen molar-refractivity contribution in [3.8, 4) is 0 Å². The minimum absolute atomic E-state index is 0.526. The van der Waals surface area contributed by atoms with E-state index in [1.165, 1.54) is 0 Å². The van der Waals surface area contributed by atoms with E-state index in [1.807, 2.05) is 0 Å². The van der Waals surface area contributed by atoms with Crippen molar-refractivity contribution in [1.82, 2.24) is 0 Å². The van der Waals surface area contributed by atoms with Crippen molar-refractivity contribution in [3.63, 3.8) is 0 Å². The van der Waals surface area contributed by atoms with Crippen LogP contribution in [0.2, 0.25) is 0 Å². The minimum atomic E-state index is -5.19. The molecule has 60 heavy (non-hydrogen) atoms. The van der Waals surface area contributed by atoms with E-state index in [0.29, 0.717) is 0 Å². The van der Waals surface area contributed by atoms with Crippen LogP contribution in [0.1, 0.15) is 0 Å². The second-order valence-electron chi connectivity index (χ2n) is 11.1. The van der Waals surface area contributed by atoms with Crippen molar-refractivity contribution in [1.29, 1.82) is 0 Å². The van der Waals surface area contributed by atoms with Gasteiger partial charge in [-0.2, -0.15) is 105 Å². The van der Waals surface area contributed by atoms with Gasteiger partial charge < -0.3 is 40.0 Å². The van der Waals surface area contributed by atoms with Crippen LogP contribution in [-0.4, -0.2) is 164 Å². The Morgan fingerprint density at radius 1 is 0.283 bits per heavy atom. The van der Waals surface area contributed by atoms with E-state index in [0.717, 1.165) is 0 Å². The van der Waals surface area contributed by atoms with Gasteiger partial charge in [-0.05, 0) is 0 Å². The molecule has 0 amide bonds. The number of hydrogen-bond donors (Lipinski definition) is 8. The third-order valence-electron chi connectivity index (χ3n) is 4.23. The van der Waals surface area contributed by atoms with E-state index >= 15 is 0 Å². The summed E-state index contributed by atoms with van der Waals surface area (Å²) in [4.78, 5) is 33.2. The van der Waals surface area contributed by atoms with Crippen LogP contribution in [0.15, 0.2) is 0 Å². The molecular weight excluding hydrogens is 1010 g/mol. The molecule has 40 heteroatoms. The Morgan fingerprint density at radius 3 is 0.417 bits per heavy atom. The molecule has 0 fully saturated rings. The first-order valence-electron chi connectivity index (χ1n) is 13.7. The van der Waals surface area contributed by atoms with Crippen LogP contribution in [0.4, 0.5) is 105 Å². The van der Waals surface area contributed by atoms with Crippen LogP contribution < -0.4 is 0 Å². The van der Waals surface area contributed by atoms with Gasteiger partial charge in [-0.3, -0.25) is 18.3 Å². The van der Waals surface area contributed by atoms with Gasteiger partial charge in [-0.1, -0.05) is 0 Å². The van der Waals surface area contributed by atoms with Gasteiger partial charge in [0, 0.05) is 0 Å². The molecule has 0 bridgehead atoms. The molecule has 2 atom stereocenters. The van der Waals surface area contributed by atoms with Crippen molar-refractivity contribution < 1.29 is 164 Å². The van der Waals surface area contributed by atoms with Gasteiger partial charge in [0.05, 0.1) is 13.2 Å². The van der Waals surface area contributed by atoms with Gasteiger partial charge >= 0.3 is 49.4 Å². The monoisotopic (exact) mass is 1040 g/mol. The molecule has 0 aliphatic heterocycles. The van der Waals surface area contributed by atoms with Crippen LogP contribution in [-0.2, 0) is 18.3 Å². The largest absolute Gasteiger partial charge is 0.397 e. The number of aliphatic hydroxyl groups is 4. The van der Waals surface area contributed by atoms with Crippen LogP contribution in [0.25, 0.3) is 0 Å². The number of alkyl halides is 24. The minimum Gasteiger partial charge on any atom is -0.394 e. The molecule has 0 aromatic rings. The highest BCUT2D eigenvalue weighted by Gasteiger charge is 2.48. The summed E-state index contributed by atoms with van der Waals surface area (Å²) in [6.07, 6.45) is -61.4. The predicted molar refractivity (Wildman–Crippen MR) is 153 cm³/mol. The normalized spacial score (nSPS) is 15.1. The molecular formula is C20H30F24O12P4. The number of hydrogen-bond acceptors (Lipinski definition) is 8. The highest BCUT2D eigenvalue weighted by Crippen LogP contribution is 2.52. The van der Waals surface area contributed by atoms with E-state index in [9.17, 15) is 124 Å². The summed E-state index contributed by atoms with van der Waals surface area (Å²) in [5.41, 5.74) is 0. The topological polar surface area (TPSA) is 230 Å². The van der Waals surface area contributed by atoms with Gasteiger partial charge in [0.1, 0.15) is 61.5 Å². The molecule has 0 spiro atoms. The molecule has 0 aromatic heterocycles. The van der Waals surface area contributed by atoms with Crippen LogP contribution >= 0.6 is 29.5 Å². The molecule has 0 rings (SSSR count). The molecule has 0 saturated heterocycles. The van der Waals surface area contributed by atoms with Crippen molar-refractivity contribution in [2.24, 2.45) is 0 Å². The van der Waals surface area contributed by atoms with Crippen LogP contribution in [0, 0.1) is 0 Å². The summed E-state index contributed by atoms with van der Waals surface area (Å²) in [5, 5.41) is 33.2. The van der Waals surface area contributed by atoms with Crippen molar-refractivity contribution >= 4 is 29.5 Å². The SMILES string of the molecule is O=P(O)(CC(F)(F)F)CC(F)(F)F.O=P(O)(CC(F)(F)F)CC(F)(F)F.O=P(O)(CC(F)(F)F)CC(F)(F)F.O=P(O)(CC(F)(F)F)CC(F)(F)F.OCC(O)C(O)CO. The van der Waals surface area contributed by atoms with Crippen molar-refractivity contribution in [2.75, 3.05) is 62.5 Å². The maximum absolute atomic E-state index is 11.4. The summed E-state index contributed by atoms with van der Waals surface area (Å²) < 4.78 is 316. The Hall–Kier alpha value is -1.08. The first-order valence-corrected chi connectivity index (χ1v) is 21.8. The highest BCUT2D eigenvalue weighted by atomic mass is 31.2. The second-order valence-corrected chi connectivity index (χ2v) is 20.4. The Morgan fingerprint density at radius 2 is 0.367 bits per heavy atom. The molecule has 0 heterocycles. The third-order valence-corrected chi connectivity index (χ3v) is 11.1. The zero-order valence-corrected chi connectivity index (χ0v) is 31.9. The Labute approximate surface area is 318 Å². The van der Waals surface area contributed by atoms with Gasteiger partial charge in [-0.15, -0.1) is 0 Å². The maximum atomic E-state index is 11.4. The molecule has 0 saturated carbocycles. The lowest BCUT2D eigenvalue weighted by molar-refractivity contribution is -0.117. The van der Waals surface area contributed by atoms with E-state index < -0.39 is 154 Å². The van der Waals surface area contributed by atoms with E-state index in [1.54, 1.807) is 0 Å². The maximum Gasteiger partial charge on any atom is 0.397 e. The quantitative estimate of drug-likeness (QED) is 0.0758. The zero-order chi connectivity index (χ0) is 50.2. The van der Waals surface area contributed by atoms with Crippen molar-refractivity contribution in [3.05, 3.63) is 0 Å². The summed E-state index contributed by atoms with van der Waals surface area (Å²) in [5.74, 6) is 0. The molecule has 12 nitrogen and oxygen atoms in total. The lowest BCUT2D eigenvalue weighted by Gasteiger charge is -2.15. The lowest BCUT2D eigenvalue weighted by Crippen LogP contribution is -2.31. The van der Waals surface area contributed by atoms with E-state index in [4.69, 9.17) is 40.0 Å². The third kappa shape index (κ3) is 59.0. The Bertz CT molecular complexity index is 1120. The fourth-order valence-corrected chi connectivity index (χ4v) is 7.64. The van der Waals surface area contributed by atoms with Crippen LogP contribution in [0.3, 0.4) is 0 Å². The molecule has 370 valence electrons. The number of aliphatic hydroxyl groups excluding tert-OH is 4. The predicted octanol–water partition coefficient (Wildman–Crippen LogP) is 7.22. The van der Waals surface area contributed by atoms with Crippen molar-refractivity contribution in [2.45, 2.75) is 61.6 Å². The zero-order valence-electron chi connectivity index (χ0n) is 28.3. The first kappa shape index (κ1) is 68.0. The number of halogens is 24. The summed E-state index contributed by atoms with van der Waals surface area (Å²) in [6.45, 7) is -1.05. The Balaban J connectivity index is -0.000000212.